The molecular formula is C14H17BrN2O. The molecule has 0 saturated heterocycles. The smallest absolute Gasteiger partial charge is 0.216 e. The maximum Gasteiger partial charge on any atom is 0.216 e. The number of hydrogen-bond donors (Lipinski definition) is 1. The molecule has 96 valence electrons. The van der Waals surface area contributed by atoms with Crippen molar-refractivity contribution in [3.8, 4) is 0 Å². The molecule has 1 saturated carbocycles. The van der Waals surface area contributed by atoms with E-state index in [4.69, 9.17) is 15.5 Å². The summed E-state index contributed by atoms with van der Waals surface area (Å²) in [5.74, 6) is 1.40. The second kappa shape index (κ2) is 5.02. The summed E-state index contributed by atoms with van der Waals surface area (Å²) in [6.07, 6.45) is 3.57. The summed E-state index contributed by atoms with van der Waals surface area (Å²) in [7, 11) is 0. The summed E-state index contributed by atoms with van der Waals surface area (Å²) in [5, 5.41) is 0. The molecule has 1 aliphatic heterocycles. The van der Waals surface area contributed by atoms with E-state index in [1.54, 1.807) is 0 Å². The molecular weight excluding hydrogens is 292 g/mol. The number of halogens is 1. The molecule has 0 radical (unpaired) electrons. The highest BCUT2D eigenvalue weighted by atomic mass is 79.9. The lowest BCUT2D eigenvalue weighted by Crippen LogP contribution is -2.34. The van der Waals surface area contributed by atoms with Crippen molar-refractivity contribution in [2.24, 2.45) is 16.6 Å². The molecule has 3 nitrogen and oxygen atoms in total. The van der Waals surface area contributed by atoms with Gasteiger partial charge in [-0.2, -0.15) is 0 Å². The highest BCUT2D eigenvalue weighted by Gasteiger charge is 2.36. The zero-order chi connectivity index (χ0) is 12.5. The first-order chi connectivity index (χ1) is 8.76. The van der Waals surface area contributed by atoms with E-state index in [1.165, 1.54) is 6.42 Å². The van der Waals surface area contributed by atoms with Crippen LogP contribution in [-0.2, 0) is 4.74 Å². The average molecular weight is 309 g/mol. The number of hydrogen-bond acceptors (Lipinski definition) is 3. The number of aliphatic imine (C=N–C) groups is 1. The van der Waals surface area contributed by atoms with Crippen molar-refractivity contribution < 1.29 is 4.74 Å². The summed E-state index contributed by atoms with van der Waals surface area (Å²) in [4.78, 5) is 4.72. The van der Waals surface area contributed by atoms with E-state index in [-0.39, 0.29) is 6.10 Å². The quantitative estimate of drug-likeness (QED) is 0.913. The molecule has 0 bridgehead atoms. The summed E-state index contributed by atoms with van der Waals surface area (Å²) in [6, 6.07) is 8.46. The Morgan fingerprint density at radius 1 is 1.28 bits per heavy atom. The minimum absolute atomic E-state index is 0.242. The number of benzene rings is 1. The van der Waals surface area contributed by atoms with Gasteiger partial charge in [0.15, 0.2) is 0 Å². The molecule has 0 spiro atoms. The van der Waals surface area contributed by atoms with E-state index >= 15 is 0 Å². The fourth-order valence-corrected chi connectivity index (χ4v) is 3.01. The van der Waals surface area contributed by atoms with Gasteiger partial charge in [-0.1, -0.05) is 15.9 Å². The number of nitrogens with zero attached hydrogens (tertiary/aromatic N) is 1. The maximum absolute atomic E-state index is 6.00. The highest BCUT2D eigenvalue weighted by molar-refractivity contribution is 9.10. The standard InChI is InChI=1S/C14H17BrN2O/c15-11-4-2-10(3-5-11)14-17-12-6-1-9(8-16)7-13(12)18-14/h2-5,9,12-13H,1,6-8,16H2. The van der Waals surface area contributed by atoms with Crippen LogP contribution in [0, 0.1) is 5.92 Å². The zero-order valence-corrected chi connectivity index (χ0v) is 11.8. The van der Waals surface area contributed by atoms with Gasteiger partial charge in [-0.15, -0.1) is 0 Å². The van der Waals surface area contributed by atoms with Gasteiger partial charge in [0.05, 0.1) is 6.04 Å². The lowest BCUT2D eigenvalue weighted by Gasteiger charge is -2.28. The van der Waals surface area contributed by atoms with Crippen molar-refractivity contribution in [1.29, 1.82) is 0 Å². The third-order valence-electron chi connectivity index (χ3n) is 3.84. The number of rotatable bonds is 2. The van der Waals surface area contributed by atoms with Gasteiger partial charge in [0, 0.05) is 10.0 Å². The molecule has 0 amide bonds. The van der Waals surface area contributed by atoms with Crippen LogP contribution in [0.5, 0.6) is 0 Å². The fourth-order valence-electron chi connectivity index (χ4n) is 2.74. The Morgan fingerprint density at radius 2 is 2.06 bits per heavy atom. The Labute approximate surface area is 116 Å². The first-order valence-electron chi connectivity index (χ1n) is 6.46. The lowest BCUT2D eigenvalue weighted by atomic mass is 9.84. The maximum atomic E-state index is 6.00. The third-order valence-corrected chi connectivity index (χ3v) is 4.36. The molecule has 1 aromatic rings. The minimum atomic E-state index is 0.242. The molecule has 2 aliphatic rings. The monoisotopic (exact) mass is 308 g/mol. The number of nitrogens with two attached hydrogens (primary N) is 1. The molecule has 3 unspecified atom stereocenters. The van der Waals surface area contributed by atoms with Gasteiger partial charge >= 0.3 is 0 Å². The molecule has 3 rings (SSSR count). The van der Waals surface area contributed by atoms with E-state index in [0.717, 1.165) is 35.3 Å². The van der Waals surface area contributed by atoms with Crippen LogP contribution in [-0.4, -0.2) is 24.6 Å². The van der Waals surface area contributed by atoms with Gasteiger partial charge in [-0.25, -0.2) is 4.99 Å². The fraction of sp³-hybridized carbons (Fsp3) is 0.500. The van der Waals surface area contributed by atoms with E-state index in [1.807, 2.05) is 24.3 Å². The van der Waals surface area contributed by atoms with Crippen molar-refractivity contribution >= 4 is 21.8 Å². The van der Waals surface area contributed by atoms with Crippen LogP contribution in [0.15, 0.2) is 33.7 Å². The second-order valence-electron chi connectivity index (χ2n) is 5.08. The highest BCUT2D eigenvalue weighted by Crippen LogP contribution is 2.33. The van der Waals surface area contributed by atoms with E-state index in [0.29, 0.717) is 12.0 Å². The molecule has 4 heteroatoms. The van der Waals surface area contributed by atoms with Crippen LogP contribution in [0.25, 0.3) is 0 Å². The Balaban J connectivity index is 1.75. The first kappa shape index (κ1) is 12.2. The zero-order valence-electron chi connectivity index (χ0n) is 10.2. The van der Waals surface area contributed by atoms with Crippen molar-refractivity contribution in [2.45, 2.75) is 31.4 Å². The second-order valence-corrected chi connectivity index (χ2v) is 6.00. The average Bonchev–Trinajstić information content (AvgIpc) is 2.82. The number of ether oxygens (including phenoxy) is 1. The molecule has 0 aromatic heterocycles. The predicted molar refractivity (Wildman–Crippen MR) is 75.7 cm³/mol. The van der Waals surface area contributed by atoms with Crippen molar-refractivity contribution in [3.05, 3.63) is 34.3 Å². The Bertz CT molecular complexity index is 457. The van der Waals surface area contributed by atoms with Crippen molar-refractivity contribution in [2.75, 3.05) is 6.54 Å². The largest absolute Gasteiger partial charge is 0.472 e. The first-order valence-corrected chi connectivity index (χ1v) is 7.26. The van der Waals surface area contributed by atoms with Crippen LogP contribution in [0.4, 0.5) is 0 Å². The van der Waals surface area contributed by atoms with E-state index in [2.05, 4.69) is 15.9 Å². The summed E-state index contributed by atoms with van der Waals surface area (Å²) in [5.41, 5.74) is 6.82. The molecule has 1 fully saturated rings. The predicted octanol–water partition coefficient (Wildman–Crippen LogP) is 2.72. The normalized spacial score (nSPS) is 30.6. The summed E-state index contributed by atoms with van der Waals surface area (Å²) >= 11 is 3.44. The molecule has 1 aliphatic carbocycles. The van der Waals surface area contributed by atoms with Gasteiger partial charge in [-0.05, 0) is 56.0 Å². The van der Waals surface area contributed by atoms with Crippen molar-refractivity contribution in [3.63, 3.8) is 0 Å². The van der Waals surface area contributed by atoms with Crippen LogP contribution in [0.1, 0.15) is 24.8 Å². The SMILES string of the molecule is NCC1CCC2N=C(c3ccc(Br)cc3)OC2C1. The molecule has 1 heterocycles. The van der Waals surface area contributed by atoms with Gasteiger partial charge in [0.25, 0.3) is 0 Å². The van der Waals surface area contributed by atoms with Gasteiger partial charge in [0.1, 0.15) is 6.10 Å². The van der Waals surface area contributed by atoms with Crippen LogP contribution in [0.2, 0.25) is 0 Å². The van der Waals surface area contributed by atoms with Crippen molar-refractivity contribution in [1.82, 2.24) is 0 Å². The van der Waals surface area contributed by atoms with E-state index < -0.39 is 0 Å². The summed E-state index contributed by atoms with van der Waals surface area (Å²) < 4.78 is 7.08. The third kappa shape index (κ3) is 2.31. The lowest BCUT2D eigenvalue weighted by molar-refractivity contribution is 0.123. The van der Waals surface area contributed by atoms with Gasteiger partial charge in [-0.3, -0.25) is 0 Å². The minimum Gasteiger partial charge on any atom is -0.472 e. The molecule has 3 atom stereocenters. The van der Waals surface area contributed by atoms with Gasteiger partial charge < -0.3 is 10.5 Å². The van der Waals surface area contributed by atoms with Crippen LogP contribution < -0.4 is 5.73 Å². The van der Waals surface area contributed by atoms with Crippen LogP contribution >= 0.6 is 15.9 Å². The van der Waals surface area contributed by atoms with Crippen LogP contribution in [0.3, 0.4) is 0 Å². The number of fused-ring (bicyclic) bond motifs is 1. The molecule has 1 aromatic carbocycles. The summed E-state index contributed by atoms with van der Waals surface area (Å²) in [6.45, 7) is 0.764. The Morgan fingerprint density at radius 3 is 2.78 bits per heavy atom. The van der Waals surface area contributed by atoms with E-state index in [9.17, 15) is 0 Å². The Kier molecular flexibility index (Phi) is 3.39. The van der Waals surface area contributed by atoms with Gasteiger partial charge in [0.2, 0.25) is 5.90 Å². The molecule has 18 heavy (non-hydrogen) atoms. The Hall–Kier alpha value is -0.870. The molecule has 2 N–H and O–H groups in total. The topological polar surface area (TPSA) is 47.6 Å².